The highest BCUT2D eigenvalue weighted by Gasteiger charge is 2.17. The smallest absolute Gasteiger partial charge is 0.191 e. The minimum absolute atomic E-state index is 0. The van der Waals surface area contributed by atoms with Gasteiger partial charge in [0, 0.05) is 25.7 Å². The van der Waals surface area contributed by atoms with Crippen LogP contribution in [0, 0.1) is 0 Å². The van der Waals surface area contributed by atoms with Gasteiger partial charge in [0.15, 0.2) is 5.96 Å². The molecule has 0 aromatic heterocycles. The van der Waals surface area contributed by atoms with Crippen molar-refractivity contribution in [2.24, 2.45) is 4.99 Å². The molecule has 2 N–H and O–H groups in total. The van der Waals surface area contributed by atoms with Crippen molar-refractivity contribution in [3.8, 4) is 0 Å². The normalized spacial score (nSPS) is 18.4. The van der Waals surface area contributed by atoms with Crippen LogP contribution < -0.4 is 10.6 Å². The molecule has 0 radical (unpaired) electrons. The standard InChI is InChI=1S/C18H30N4O.HI/c1-4-19-18(21-16(3)17-8-6-5-7-9-17)20-14-15(2)22-10-12-23-13-11-22;/h5-9,15-16H,4,10-14H2,1-3H3,(H2,19,20,21);1H. The topological polar surface area (TPSA) is 48.9 Å². The van der Waals surface area contributed by atoms with Crippen LogP contribution in [0.1, 0.15) is 32.4 Å². The highest BCUT2D eigenvalue weighted by Crippen LogP contribution is 2.11. The van der Waals surface area contributed by atoms with Crippen LogP contribution in [0.15, 0.2) is 35.3 Å². The Labute approximate surface area is 163 Å². The molecule has 2 unspecified atom stereocenters. The van der Waals surface area contributed by atoms with Crippen molar-refractivity contribution < 1.29 is 4.74 Å². The van der Waals surface area contributed by atoms with E-state index in [1.165, 1.54) is 5.56 Å². The quantitative estimate of drug-likeness (QED) is 0.401. The van der Waals surface area contributed by atoms with E-state index in [4.69, 9.17) is 9.73 Å². The summed E-state index contributed by atoms with van der Waals surface area (Å²) < 4.78 is 5.41. The number of hydrogen-bond donors (Lipinski definition) is 2. The zero-order valence-corrected chi connectivity index (χ0v) is 17.3. The van der Waals surface area contributed by atoms with Gasteiger partial charge in [-0.1, -0.05) is 30.3 Å². The summed E-state index contributed by atoms with van der Waals surface area (Å²) in [5.41, 5.74) is 1.26. The summed E-state index contributed by atoms with van der Waals surface area (Å²) in [7, 11) is 0. The van der Waals surface area contributed by atoms with Crippen LogP contribution >= 0.6 is 24.0 Å². The SMILES string of the molecule is CCNC(=NCC(C)N1CCOCC1)NC(C)c1ccccc1.I. The molecule has 0 spiro atoms. The van der Waals surface area contributed by atoms with Gasteiger partial charge in [-0.25, -0.2) is 0 Å². The molecule has 5 nitrogen and oxygen atoms in total. The van der Waals surface area contributed by atoms with Gasteiger partial charge >= 0.3 is 0 Å². The zero-order chi connectivity index (χ0) is 16.5. The number of ether oxygens (including phenoxy) is 1. The molecule has 1 aromatic rings. The average Bonchev–Trinajstić information content (AvgIpc) is 2.61. The third-order valence-corrected chi connectivity index (χ3v) is 4.18. The lowest BCUT2D eigenvalue weighted by Gasteiger charge is -2.31. The first-order valence-electron chi connectivity index (χ1n) is 8.62. The molecule has 1 aliphatic heterocycles. The zero-order valence-electron chi connectivity index (χ0n) is 15.0. The molecule has 0 aliphatic carbocycles. The third kappa shape index (κ3) is 6.94. The van der Waals surface area contributed by atoms with Crippen molar-refractivity contribution >= 4 is 29.9 Å². The number of aliphatic imine (C=N–C) groups is 1. The van der Waals surface area contributed by atoms with Gasteiger partial charge in [-0.3, -0.25) is 9.89 Å². The van der Waals surface area contributed by atoms with Crippen LogP contribution in [0.25, 0.3) is 0 Å². The maximum absolute atomic E-state index is 5.41. The van der Waals surface area contributed by atoms with Gasteiger partial charge in [0.25, 0.3) is 0 Å². The number of benzene rings is 1. The van der Waals surface area contributed by atoms with Gasteiger partial charge in [-0.2, -0.15) is 0 Å². The Morgan fingerprint density at radius 2 is 1.88 bits per heavy atom. The van der Waals surface area contributed by atoms with Crippen LogP contribution in [-0.2, 0) is 4.74 Å². The van der Waals surface area contributed by atoms with E-state index in [0.29, 0.717) is 6.04 Å². The fraction of sp³-hybridized carbons (Fsp3) is 0.611. The molecule has 0 amide bonds. The Hall–Kier alpha value is -0.860. The summed E-state index contributed by atoms with van der Waals surface area (Å²) in [5, 5.41) is 6.83. The highest BCUT2D eigenvalue weighted by molar-refractivity contribution is 14.0. The van der Waals surface area contributed by atoms with Crippen LogP contribution in [0.2, 0.25) is 0 Å². The number of nitrogens with zero attached hydrogens (tertiary/aromatic N) is 2. The van der Waals surface area contributed by atoms with E-state index < -0.39 is 0 Å². The molecule has 24 heavy (non-hydrogen) atoms. The minimum Gasteiger partial charge on any atom is -0.379 e. The molecule has 1 aromatic carbocycles. The number of rotatable bonds is 6. The minimum atomic E-state index is 0. The van der Waals surface area contributed by atoms with Gasteiger partial charge < -0.3 is 15.4 Å². The fourth-order valence-electron chi connectivity index (χ4n) is 2.71. The van der Waals surface area contributed by atoms with Gasteiger partial charge in [0.2, 0.25) is 0 Å². The molecular formula is C18H31IN4O. The average molecular weight is 446 g/mol. The van der Waals surface area contributed by atoms with Crippen LogP contribution in [0.4, 0.5) is 0 Å². The molecule has 1 aliphatic rings. The molecule has 0 saturated carbocycles. The number of morpholine rings is 1. The van der Waals surface area contributed by atoms with Crippen molar-refractivity contribution in [1.82, 2.24) is 15.5 Å². The Morgan fingerprint density at radius 1 is 1.21 bits per heavy atom. The van der Waals surface area contributed by atoms with E-state index in [1.54, 1.807) is 0 Å². The maximum Gasteiger partial charge on any atom is 0.191 e. The Kier molecular flexibility index (Phi) is 10.3. The molecule has 1 heterocycles. The third-order valence-electron chi connectivity index (χ3n) is 4.18. The predicted molar refractivity (Wildman–Crippen MR) is 111 cm³/mol. The van der Waals surface area contributed by atoms with E-state index in [9.17, 15) is 0 Å². The first-order chi connectivity index (χ1) is 11.2. The second-order valence-electron chi connectivity index (χ2n) is 5.99. The van der Waals surface area contributed by atoms with Crippen molar-refractivity contribution in [3.63, 3.8) is 0 Å². The van der Waals surface area contributed by atoms with E-state index in [-0.39, 0.29) is 30.0 Å². The van der Waals surface area contributed by atoms with Crippen molar-refractivity contribution in [3.05, 3.63) is 35.9 Å². The van der Waals surface area contributed by atoms with Gasteiger partial charge in [-0.15, -0.1) is 24.0 Å². The lowest BCUT2D eigenvalue weighted by molar-refractivity contribution is 0.0220. The Morgan fingerprint density at radius 3 is 2.50 bits per heavy atom. The molecule has 136 valence electrons. The molecule has 2 atom stereocenters. The summed E-state index contributed by atoms with van der Waals surface area (Å²) in [5.74, 6) is 0.879. The summed E-state index contributed by atoms with van der Waals surface area (Å²) in [6, 6.07) is 11.1. The molecule has 2 rings (SSSR count). The second kappa shape index (κ2) is 11.7. The number of hydrogen-bond acceptors (Lipinski definition) is 3. The first kappa shape index (κ1) is 21.2. The maximum atomic E-state index is 5.41. The first-order valence-corrected chi connectivity index (χ1v) is 8.62. The monoisotopic (exact) mass is 446 g/mol. The van der Waals surface area contributed by atoms with Crippen molar-refractivity contribution in [2.45, 2.75) is 32.9 Å². The number of guanidine groups is 1. The molecule has 1 fully saturated rings. The van der Waals surface area contributed by atoms with E-state index in [0.717, 1.165) is 45.4 Å². The lowest BCUT2D eigenvalue weighted by atomic mass is 10.1. The van der Waals surface area contributed by atoms with Gasteiger partial charge in [0.05, 0.1) is 25.8 Å². The summed E-state index contributed by atoms with van der Waals surface area (Å²) in [6.07, 6.45) is 0. The van der Waals surface area contributed by atoms with E-state index in [1.807, 2.05) is 6.07 Å². The Bertz CT molecular complexity index is 477. The fourth-order valence-corrected chi connectivity index (χ4v) is 2.71. The summed E-state index contributed by atoms with van der Waals surface area (Å²) in [6.45, 7) is 11.8. The van der Waals surface area contributed by atoms with Crippen LogP contribution in [0.5, 0.6) is 0 Å². The largest absolute Gasteiger partial charge is 0.379 e. The summed E-state index contributed by atoms with van der Waals surface area (Å²) in [4.78, 5) is 7.21. The molecule has 1 saturated heterocycles. The number of nitrogens with one attached hydrogen (secondary N) is 2. The second-order valence-corrected chi connectivity index (χ2v) is 5.99. The van der Waals surface area contributed by atoms with Crippen LogP contribution in [-0.4, -0.2) is 56.3 Å². The molecule has 0 bridgehead atoms. The van der Waals surface area contributed by atoms with Crippen LogP contribution in [0.3, 0.4) is 0 Å². The molecule has 6 heteroatoms. The van der Waals surface area contributed by atoms with Gasteiger partial charge in [0.1, 0.15) is 0 Å². The van der Waals surface area contributed by atoms with Crippen molar-refractivity contribution in [2.75, 3.05) is 39.4 Å². The number of halogens is 1. The summed E-state index contributed by atoms with van der Waals surface area (Å²) >= 11 is 0. The van der Waals surface area contributed by atoms with E-state index in [2.05, 4.69) is 60.6 Å². The highest BCUT2D eigenvalue weighted by atomic mass is 127. The Balaban J connectivity index is 0.00000288. The van der Waals surface area contributed by atoms with Crippen molar-refractivity contribution in [1.29, 1.82) is 0 Å². The van der Waals surface area contributed by atoms with Gasteiger partial charge in [-0.05, 0) is 26.3 Å². The molecular weight excluding hydrogens is 415 g/mol. The van der Waals surface area contributed by atoms with E-state index >= 15 is 0 Å². The lowest BCUT2D eigenvalue weighted by Crippen LogP contribution is -2.44. The predicted octanol–water partition coefficient (Wildman–Crippen LogP) is 2.64.